The Morgan fingerprint density at radius 2 is 1.61 bits per heavy atom. The predicted molar refractivity (Wildman–Crippen MR) is 118 cm³/mol. The summed E-state index contributed by atoms with van der Waals surface area (Å²) in [7, 11) is 0. The number of allylic oxidation sites excluding steroid dienone is 3. The zero-order chi connectivity index (χ0) is 22.8. The summed E-state index contributed by atoms with van der Waals surface area (Å²) in [5, 5.41) is 33.4. The first-order chi connectivity index (χ1) is 14.6. The Labute approximate surface area is 181 Å². The van der Waals surface area contributed by atoms with E-state index >= 15 is 0 Å². The third-order valence-electron chi connectivity index (χ3n) is 6.03. The van der Waals surface area contributed by atoms with Crippen molar-refractivity contribution >= 4 is 11.8 Å². The number of Topliss-reactive ketones (excluding diaryl/α,β-unsaturated/α-hetero) is 1. The van der Waals surface area contributed by atoms with Crippen molar-refractivity contribution in [2.45, 2.75) is 39.8 Å². The van der Waals surface area contributed by atoms with E-state index in [0.29, 0.717) is 29.7 Å². The number of benzene rings is 2. The average molecular weight is 421 g/mol. The number of hydrogen-bond acceptors (Lipinski definition) is 5. The number of carboxylic acids is 1. The van der Waals surface area contributed by atoms with Gasteiger partial charge < -0.3 is 20.6 Å². The van der Waals surface area contributed by atoms with Crippen LogP contribution in [0.15, 0.2) is 71.6 Å². The molecule has 0 aromatic heterocycles. The molecule has 2 unspecified atom stereocenters. The third kappa shape index (κ3) is 4.54. The van der Waals surface area contributed by atoms with Crippen molar-refractivity contribution in [1.82, 2.24) is 5.32 Å². The summed E-state index contributed by atoms with van der Waals surface area (Å²) < 4.78 is 0. The molecule has 6 nitrogen and oxygen atoms in total. The van der Waals surface area contributed by atoms with Gasteiger partial charge in [-0.15, -0.1) is 0 Å². The second-order valence-electron chi connectivity index (χ2n) is 8.11. The maximum atomic E-state index is 11.9. The Hall–Kier alpha value is -3.38. The van der Waals surface area contributed by atoms with E-state index in [1.807, 2.05) is 30.3 Å². The summed E-state index contributed by atoms with van der Waals surface area (Å²) >= 11 is 0. The van der Waals surface area contributed by atoms with E-state index in [-0.39, 0.29) is 17.1 Å². The van der Waals surface area contributed by atoms with Crippen LogP contribution in [-0.2, 0) is 11.3 Å². The Morgan fingerprint density at radius 1 is 1.06 bits per heavy atom. The van der Waals surface area contributed by atoms with E-state index in [0.717, 1.165) is 11.3 Å². The van der Waals surface area contributed by atoms with Crippen molar-refractivity contribution in [2.75, 3.05) is 0 Å². The van der Waals surface area contributed by atoms with Crippen LogP contribution in [0.3, 0.4) is 0 Å². The van der Waals surface area contributed by atoms with Crippen molar-refractivity contribution in [1.29, 1.82) is 0 Å². The second-order valence-corrected chi connectivity index (χ2v) is 8.11. The van der Waals surface area contributed by atoms with Crippen LogP contribution in [0.5, 0.6) is 0 Å². The SMILES string of the molecule is CC(=O)C1(C)CC=C(NCc2ccc(C(O)c3ccc(C(=O)O)cc3)cc2)C(C)=C1O. The molecule has 0 bridgehead atoms. The number of carbonyl (C=O) groups is 2. The summed E-state index contributed by atoms with van der Waals surface area (Å²) in [5.41, 5.74) is 3.09. The van der Waals surface area contributed by atoms with Gasteiger partial charge in [-0.3, -0.25) is 4.79 Å². The van der Waals surface area contributed by atoms with Gasteiger partial charge in [-0.2, -0.15) is 0 Å². The Bertz CT molecular complexity index is 1050. The highest BCUT2D eigenvalue weighted by molar-refractivity contribution is 5.87. The molecule has 0 saturated carbocycles. The van der Waals surface area contributed by atoms with Gasteiger partial charge in [0.2, 0.25) is 0 Å². The standard InChI is InChI=1S/C25H27NO5/c1-15-21(12-13-25(3,16(2)27)23(15)29)26-14-17-4-6-18(7-5-17)22(28)19-8-10-20(11-9-19)24(30)31/h4-12,22,26,28-29H,13-14H2,1-3H3,(H,30,31). The monoisotopic (exact) mass is 421 g/mol. The van der Waals surface area contributed by atoms with E-state index in [1.165, 1.54) is 19.1 Å². The van der Waals surface area contributed by atoms with Gasteiger partial charge in [0, 0.05) is 17.8 Å². The van der Waals surface area contributed by atoms with Crippen LogP contribution < -0.4 is 5.32 Å². The Balaban J connectivity index is 1.65. The van der Waals surface area contributed by atoms with Crippen molar-refractivity contribution < 1.29 is 24.9 Å². The third-order valence-corrected chi connectivity index (χ3v) is 6.03. The van der Waals surface area contributed by atoms with Crippen LogP contribution in [0, 0.1) is 5.41 Å². The first kappa shape index (κ1) is 22.3. The fraction of sp³-hybridized carbons (Fsp3) is 0.280. The van der Waals surface area contributed by atoms with E-state index in [2.05, 4.69) is 5.32 Å². The van der Waals surface area contributed by atoms with E-state index in [1.54, 1.807) is 26.0 Å². The highest BCUT2D eigenvalue weighted by atomic mass is 16.4. The molecule has 0 fully saturated rings. The van der Waals surface area contributed by atoms with Crippen molar-refractivity contribution in [2.24, 2.45) is 5.41 Å². The zero-order valence-electron chi connectivity index (χ0n) is 17.8. The summed E-state index contributed by atoms with van der Waals surface area (Å²) in [6, 6.07) is 13.6. The molecular weight excluding hydrogens is 394 g/mol. The Kier molecular flexibility index (Phi) is 6.32. The van der Waals surface area contributed by atoms with Crippen LogP contribution >= 0.6 is 0 Å². The molecule has 0 heterocycles. The molecule has 0 saturated heterocycles. The lowest BCUT2D eigenvalue weighted by molar-refractivity contribution is -0.125. The number of aliphatic hydroxyl groups is 2. The lowest BCUT2D eigenvalue weighted by atomic mass is 9.75. The first-order valence-corrected chi connectivity index (χ1v) is 10.1. The maximum Gasteiger partial charge on any atom is 0.335 e. The highest BCUT2D eigenvalue weighted by Gasteiger charge is 2.37. The Morgan fingerprint density at radius 3 is 2.13 bits per heavy atom. The number of hydrogen-bond donors (Lipinski definition) is 4. The largest absolute Gasteiger partial charge is 0.511 e. The smallest absolute Gasteiger partial charge is 0.335 e. The molecule has 31 heavy (non-hydrogen) atoms. The summed E-state index contributed by atoms with van der Waals surface area (Å²) in [6.07, 6.45) is 1.53. The van der Waals surface area contributed by atoms with Gasteiger partial charge in [0.1, 0.15) is 17.6 Å². The predicted octanol–water partition coefficient (Wildman–Crippen LogP) is 4.27. The van der Waals surface area contributed by atoms with E-state index in [4.69, 9.17) is 5.11 Å². The van der Waals surface area contributed by atoms with Crippen LogP contribution in [0.2, 0.25) is 0 Å². The lowest BCUT2D eigenvalue weighted by Gasteiger charge is -2.31. The normalized spacial score (nSPS) is 19.5. The van der Waals surface area contributed by atoms with Gasteiger partial charge in [-0.1, -0.05) is 42.5 Å². The molecule has 0 amide bonds. The minimum atomic E-state index is -1.00. The molecule has 2 aromatic carbocycles. The summed E-state index contributed by atoms with van der Waals surface area (Å²) in [6.45, 7) is 5.56. The molecule has 4 N–H and O–H groups in total. The molecule has 162 valence electrons. The second kappa shape index (κ2) is 8.78. The molecule has 1 aliphatic rings. The fourth-order valence-corrected chi connectivity index (χ4v) is 3.63. The van der Waals surface area contributed by atoms with E-state index in [9.17, 15) is 19.8 Å². The number of aliphatic hydroxyl groups excluding tert-OH is 2. The van der Waals surface area contributed by atoms with Gasteiger partial charge in [-0.05, 0) is 56.0 Å². The summed E-state index contributed by atoms with van der Waals surface area (Å²) in [4.78, 5) is 22.9. The molecule has 2 aromatic rings. The van der Waals surface area contributed by atoms with Gasteiger partial charge in [0.05, 0.1) is 11.0 Å². The fourth-order valence-electron chi connectivity index (χ4n) is 3.63. The number of carboxylic acid groups (broad SMARTS) is 1. The topological polar surface area (TPSA) is 107 Å². The minimum Gasteiger partial charge on any atom is -0.511 e. The van der Waals surface area contributed by atoms with Gasteiger partial charge in [-0.25, -0.2) is 4.79 Å². The minimum absolute atomic E-state index is 0.0635. The summed E-state index contributed by atoms with van der Waals surface area (Å²) in [5.74, 6) is -0.959. The molecule has 0 radical (unpaired) electrons. The number of carbonyl (C=O) groups excluding carboxylic acids is 1. The average Bonchev–Trinajstić information content (AvgIpc) is 2.77. The van der Waals surface area contributed by atoms with Gasteiger partial charge in [0.15, 0.2) is 0 Å². The molecule has 2 atom stereocenters. The quantitative estimate of drug-likeness (QED) is 0.532. The van der Waals surface area contributed by atoms with Crippen LogP contribution in [0.1, 0.15) is 60.3 Å². The van der Waals surface area contributed by atoms with Crippen molar-refractivity contribution in [3.63, 3.8) is 0 Å². The maximum absolute atomic E-state index is 11.9. The molecule has 0 spiro atoms. The van der Waals surface area contributed by atoms with E-state index < -0.39 is 17.5 Å². The molecule has 1 aliphatic carbocycles. The van der Waals surface area contributed by atoms with Crippen LogP contribution in [0.25, 0.3) is 0 Å². The lowest BCUT2D eigenvalue weighted by Crippen LogP contribution is -2.32. The van der Waals surface area contributed by atoms with Gasteiger partial charge in [0.25, 0.3) is 0 Å². The number of rotatable bonds is 7. The number of aromatic carboxylic acids is 1. The molecule has 3 rings (SSSR count). The van der Waals surface area contributed by atoms with Crippen LogP contribution in [-0.4, -0.2) is 27.1 Å². The van der Waals surface area contributed by atoms with Crippen molar-refractivity contribution in [3.8, 4) is 0 Å². The van der Waals surface area contributed by atoms with Crippen LogP contribution in [0.4, 0.5) is 0 Å². The zero-order valence-corrected chi connectivity index (χ0v) is 17.8. The number of ketones is 1. The molecule has 0 aliphatic heterocycles. The number of nitrogens with one attached hydrogen (secondary N) is 1. The molecular formula is C25H27NO5. The highest BCUT2D eigenvalue weighted by Crippen LogP contribution is 2.38. The first-order valence-electron chi connectivity index (χ1n) is 10.1. The molecule has 6 heteroatoms. The van der Waals surface area contributed by atoms with Gasteiger partial charge >= 0.3 is 5.97 Å². The van der Waals surface area contributed by atoms with Crippen molar-refractivity contribution in [3.05, 3.63) is 93.9 Å².